The molecule has 0 heterocycles. The summed E-state index contributed by atoms with van der Waals surface area (Å²) >= 11 is 0. The van der Waals surface area contributed by atoms with Crippen LogP contribution in [0.2, 0.25) is 0 Å². The van der Waals surface area contributed by atoms with Crippen molar-refractivity contribution in [1.29, 1.82) is 0 Å². The summed E-state index contributed by atoms with van der Waals surface area (Å²) < 4.78 is 0. The minimum absolute atomic E-state index is 0.0842. The van der Waals surface area contributed by atoms with Gasteiger partial charge in [0.25, 0.3) is 0 Å². The van der Waals surface area contributed by atoms with E-state index >= 15 is 0 Å². The fraction of sp³-hybridized carbons (Fsp3) is 0.778. The summed E-state index contributed by atoms with van der Waals surface area (Å²) in [6.45, 7) is 8.46. The molecule has 0 saturated heterocycles. The SMILES string of the molecule is CC(C)C[C@H](NC(=O)[C@H](CC(C)C)NC(=O)[C@H](C)NC(=O)[C@@H](N)CO)C(N)=O. The Morgan fingerprint density at radius 3 is 1.68 bits per heavy atom. The highest BCUT2D eigenvalue weighted by Gasteiger charge is 2.28. The van der Waals surface area contributed by atoms with E-state index in [0.717, 1.165) is 0 Å². The third kappa shape index (κ3) is 9.65. The maximum Gasteiger partial charge on any atom is 0.243 e. The Hall–Kier alpha value is -2.20. The molecular weight excluding hydrogens is 366 g/mol. The van der Waals surface area contributed by atoms with Crippen LogP contribution in [0, 0.1) is 11.8 Å². The van der Waals surface area contributed by atoms with E-state index in [1.54, 1.807) is 0 Å². The highest BCUT2D eigenvalue weighted by Crippen LogP contribution is 2.08. The molecule has 0 aliphatic carbocycles. The van der Waals surface area contributed by atoms with E-state index in [9.17, 15) is 19.2 Å². The predicted molar refractivity (Wildman–Crippen MR) is 105 cm³/mol. The first-order chi connectivity index (χ1) is 12.9. The third-order valence-electron chi connectivity index (χ3n) is 3.99. The lowest BCUT2D eigenvalue weighted by Gasteiger charge is -2.25. The maximum absolute atomic E-state index is 12.6. The molecule has 0 aliphatic rings. The van der Waals surface area contributed by atoms with Crippen LogP contribution in [0.1, 0.15) is 47.5 Å². The molecule has 0 aromatic heterocycles. The summed E-state index contributed by atoms with van der Waals surface area (Å²) in [4.78, 5) is 48.3. The first-order valence-corrected chi connectivity index (χ1v) is 9.45. The lowest BCUT2D eigenvalue weighted by atomic mass is 10.00. The fourth-order valence-corrected chi connectivity index (χ4v) is 2.46. The van der Waals surface area contributed by atoms with Crippen molar-refractivity contribution in [3.63, 3.8) is 0 Å². The van der Waals surface area contributed by atoms with Gasteiger partial charge in [-0.15, -0.1) is 0 Å². The van der Waals surface area contributed by atoms with E-state index in [2.05, 4.69) is 16.0 Å². The molecule has 4 amide bonds. The van der Waals surface area contributed by atoms with Crippen LogP contribution in [0.4, 0.5) is 0 Å². The fourth-order valence-electron chi connectivity index (χ4n) is 2.46. The average molecular weight is 402 g/mol. The molecule has 0 bridgehead atoms. The summed E-state index contributed by atoms with van der Waals surface area (Å²) in [5, 5.41) is 16.4. The first-order valence-electron chi connectivity index (χ1n) is 9.45. The van der Waals surface area contributed by atoms with Crippen molar-refractivity contribution in [2.45, 2.75) is 71.6 Å². The van der Waals surface area contributed by atoms with Crippen molar-refractivity contribution >= 4 is 23.6 Å². The number of rotatable bonds is 12. The van der Waals surface area contributed by atoms with Gasteiger partial charge in [0.2, 0.25) is 23.6 Å². The molecule has 162 valence electrons. The van der Waals surface area contributed by atoms with Crippen LogP contribution >= 0.6 is 0 Å². The molecule has 0 aromatic carbocycles. The van der Waals surface area contributed by atoms with Gasteiger partial charge in [-0.1, -0.05) is 27.7 Å². The summed E-state index contributed by atoms with van der Waals surface area (Å²) in [6.07, 6.45) is 0.719. The Morgan fingerprint density at radius 1 is 0.786 bits per heavy atom. The van der Waals surface area contributed by atoms with Gasteiger partial charge in [0.05, 0.1) is 6.61 Å². The van der Waals surface area contributed by atoms with E-state index in [0.29, 0.717) is 12.8 Å². The van der Waals surface area contributed by atoms with Gasteiger partial charge in [0.1, 0.15) is 24.2 Å². The second-order valence-corrected chi connectivity index (χ2v) is 7.80. The number of aliphatic hydroxyl groups excluding tert-OH is 1. The number of primary amides is 1. The van der Waals surface area contributed by atoms with Gasteiger partial charge in [-0.2, -0.15) is 0 Å². The van der Waals surface area contributed by atoms with Gasteiger partial charge in [-0.25, -0.2) is 0 Å². The molecule has 0 fully saturated rings. The Labute approximate surface area is 166 Å². The van der Waals surface area contributed by atoms with Crippen molar-refractivity contribution in [2.75, 3.05) is 6.61 Å². The molecule has 0 saturated carbocycles. The van der Waals surface area contributed by atoms with Crippen molar-refractivity contribution in [3.05, 3.63) is 0 Å². The number of nitrogens with two attached hydrogens (primary N) is 2. The number of hydrogen-bond acceptors (Lipinski definition) is 6. The molecule has 28 heavy (non-hydrogen) atoms. The molecule has 0 radical (unpaired) electrons. The monoisotopic (exact) mass is 401 g/mol. The van der Waals surface area contributed by atoms with Crippen molar-refractivity contribution in [2.24, 2.45) is 23.3 Å². The van der Waals surface area contributed by atoms with E-state index in [1.807, 2.05) is 27.7 Å². The van der Waals surface area contributed by atoms with Gasteiger partial charge in [0.15, 0.2) is 0 Å². The van der Waals surface area contributed by atoms with Crippen LogP contribution in [-0.2, 0) is 19.2 Å². The zero-order valence-corrected chi connectivity index (χ0v) is 17.3. The van der Waals surface area contributed by atoms with E-state index in [-0.39, 0.29) is 11.8 Å². The Bertz CT molecular complexity index is 552. The summed E-state index contributed by atoms with van der Waals surface area (Å²) in [5.74, 6) is -2.20. The molecule has 0 aromatic rings. The topological polar surface area (TPSA) is 177 Å². The summed E-state index contributed by atoms with van der Waals surface area (Å²) in [6, 6.07) is -3.83. The standard InChI is InChI=1S/C18H35N5O5/c1-9(2)6-13(15(20)25)22-18(28)14(7-10(3)4)23-16(26)11(5)21-17(27)12(19)8-24/h9-14,24H,6-8,19H2,1-5H3,(H2,20,25)(H,21,27)(H,22,28)(H,23,26)/t11-,12-,13-,14-/m0/s1. The van der Waals surface area contributed by atoms with Crippen LogP contribution in [0.3, 0.4) is 0 Å². The van der Waals surface area contributed by atoms with Gasteiger partial charge in [0, 0.05) is 0 Å². The van der Waals surface area contributed by atoms with Gasteiger partial charge in [-0.05, 0) is 31.6 Å². The lowest BCUT2D eigenvalue weighted by Crippen LogP contribution is -2.57. The molecule has 0 unspecified atom stereocenters. The quantitative estimate of drug-likeness (QED) is 0.228. The number of aliphatic hydroxyl groups is 1. The zero-order chi connectivity index (χ0) is 22.0. The van der Waals surface area contributed by atoms with Crippen LogP contribution in [-0.4, -0.2) is 59.5 Å². The average Bonchev–Trinajstić information content (AvgIpc) is 2.58. The molecule has 10 nitrogen and oxygen atoms in total. The molecule has 0 rings (SSSR count). The number of nitrogens with one attached hydrogen (secondary N) is 3. The molecule has 0 aliphatic heterocycles. The van der Waals surface area contributed by atoms with Gasteiger partial charge in [-0.3, -0.25) is 19.2 Å². The number of amides is 4. The molecule has 4 atom stereocenters. The number of hydrogen-bond donors (Lipinski definition) is 6. The zero-order valence-electron chi connectivity index (χ0n) is 17.3. The Balaban J connectivity index is 5.10. The first kappa shape index (κ1) is 25.8. The van der Waals surface area contributed by atoms with E-state index in [4.69, 9.17) is 16.6 Å². The molecular formula is C18H35N5O5. The highest BCUT2D eigenvalue weighted by atomic mass is 16.3. The van der Waals surface area contributed by atoms with Gasteiger partial charge >= 0.3 is 0 Å². The van der Waals surface area contributed by atoms with Gasteiger partial charge < -0.3 is 32.5 Å². The highest BCUT2D eigenvalue weighted by molar-refractivity contribution is 5.94. The van der Waals surface area contributed by atoms with E-state index < -0.39 is 54.4 Å². The molecule has 8 N–H and O–H groups in total. The van der Waals surface area contributed by atoms with Crippen molar-refractivity contribution in [3.8, 4) is 0 Å². The normalized spacial score (nSPS) is 15.5. The molecule has 0 spiro atoms. The smallest absolute Gasteiger partial charge is 0.243 e. The maximum atomic E-state index is 12.6. The second kappa shape index (κ2) is 12.3. The predicted octanol–water partition coefficient (Wildman–Crippen LogP) is -1.64. The Kier molecular flexibility index (Phi) is 11.3. The summed E-state index contributed by atoms with van der Waals surface area (Å²) in [7, 11) is 0. The van der Waals surface area contributed by atoms with Crippen LogP contribution in [0.25, 0.3) is 0 Å². The minimum atomic E-state index is -1.14. The lowest BCUT2D eigenvalue weighted by molar-refractivity contribution is -0.133. The second-order valence-electron chi connectivity index (χ2n) is 7.80. The molecule has 10 heteroatoms. The van der Waals surface area contributed by atoms with E-state index in [1.165, 1.54) is 6.92 Å². The van der Waals surface area contributed by atoms with Crippen molar-refractivity contribution in [1.82, 2.24) is 16.0 Å². The third-order valence-corrected chi connectivity index (χ3v) is 3.99. The Morgan fingerprint density at radius 2 is 1.25 bits per heavy atom. The van der Waals surface area contributed by atoms with Crippen LogP contribution in [0.15, 0.2) is 0 Å². The minimum Gasteiger partial charge on any atom is -0.394 e. The van der Waals surface area contributed by atoms with Crippen LogP contribution in [0.5, 0.6) is 0 Å². The number of carbonyl (C=O) groups is 4. The number of carbonyl (C=O) groups excluding carboxylic acids is 4. The summed E-state index contributed by atoms with van der Waals surface area (Å²) in [5.41, 5.74) is 10.8. The van der Waals surface area contributed by atoms with Crippen LogP contribution < -0.4 is 27.4 Å². The van der Waals surface area contributed by atoms with Crippen molar-refractivity contribution < 1.29 is 24.3 Å². The largest absolute Gasteiger partial charge is 0.394 e.